The molecule has 0 saturated heterocycles. The minimum absolute atomic E-state index is 0.216. The third kappa shape index (κ3) is 3.88. The summed E-state index contributed by atoms with van der Waals surface area (Å²) < 4.78 is 23.8. The lowest BCUT2D eigenvalue weighted by molar-refractivity contribution is -0.129. The molecular weight excluding hydrogens is 327 g/mol. The highest BCUT2D eigenvalue weighted by Gasteiger charge is 2.35. The Bertz CT molecular complexity index is 818. The van der Waals surface area contributed by atoms with Crippen molar-refractivity contribution in [2.75, 3.05) is 17.2 Å². The second kappa shape index (κ2) is 6.43. The van der Waals surface area contributed by atoms with Crippen molar-refractivity contribution < 1.29 is 23.5 Å². The van der Waals surface area contributed by atoms with Crippen molar-refractivity contribution >= 4 is 23.2 Å². The predicted molar refractivity (Wildman–Crippen MR) is 90.3 cm³/mol. The number of anilines is 2. The lowest BCUT2D eigenvalue weighted by Gasteiger charge is -2.31. The summed E-state index contributed by atoms with van der Waals surface area (Å²) in [6.45, 7) is 3.10. The molecule has 0 fully saturated rings. The molecule has 0 radical (unpaired) electrons. The molecular formula is C18H17FN2O4. The molecule has 0 saturated carbocycles. The van der Waals surface area contributed by atoms with Gasteiger partial charge in [0, 0.05) is 11.8 Å². The summed E-state index contributed by atoms with van der Waals surface area (Å²) in [6, 6.07) is 10.3. The highest BCUT2D eigenvalue weighted by Crippen LogP contribution is 2.35. The number of carbonyl (C=O) groups is 2. The number of halogens is 1. The topological polar surface area (TPSA) is 76.7 Å². The van der Waals surface area contributed by atoms with Crippen LogP contribution in [0.25, 0.3) is 0 Å². The first-order chi connectivity index (χ1) is 11.8. The van der Waals surface area contributed by atoms with Crippen LogP contribution >= 0.6 is 0 Å². The number of hydrogen-bond donors (Lipinski definition) is 2. The first-order valence-corrected chi connectivity index (χ1v) is 7.66. The first-order valence-electron chi connectivity index (χ1n) is 7.66. The molecule has 0 aliphatic carbocycles. The summed E-state index contributed by atoms with van der Waals surface area (Å²) in [4.78, 5) is 23.8. The Morgan fingerprint density at radius 3 is 2.68 bits per heavy atom. The van der Waals surface area contributed by atoms with Crippen LogP contribution in [-0.4, -0.2) is 24.0 Å². The van der Waals surface area contributed by atoms with Gasteiger partial charge in [-0.15, -0.1) is 0 Å². The van der Waals surface area contributed by atoms with Crippen LogP contribution < -0.4 is 20.1 Å². The Kier molecular flexibility index (Phi) is 4.31. The second-order valence-corrected chi connectivity index (χ2v) is 6.07. The SMILES string of the molecule is CC1(C)Oc2cc(NC(=O)COc3ccc(F)cc3)ccc2NC1=O. The van der Waals surface area contributed by atoms with E-state index < -0.39 is 5.60 Å². The van der Waals surface area contributed by atoms with Crippen molar-refractivity contribution in [1.29, 1.82) is 0 Å². The van der Waals surface area contributed by atoms with Gasteiger partial charge in [-0.05, 0) is 50.2 Å². The number of hydrogen-bond acceptors (Lipinski definition) is 4. The molecule has 0 unspecified atom stereocenters. The molecule has 25 heavy (non-hydrogen) atoms. The van der Waals surface area contributed by atoms with E-state index in [9.17, 15) is 14.0 Å². The van der Waals surface area contributed by atoms with Crippen LogP contribution in [0.15, 0.2) is 42.5 Å². The maximum absolute atomic E-state index is 12.8. The smallest absolute Gasteiger partial charge is 0.268 e. The maximum Gasteiger partial charge on any atom is 0.268 e. The molecule has 1 aliphatic heterocycles. The van der Waals surface area contributed by atoms with Gasteiger partial charge in [0.2, 0.25) is 0 Å². The summed E-state index contributed by atoms with van der Waals surface area (Å²) in [7, 11) is 0. The van der Waals surface area contributed by atoms with Crippen LogP contribution in [0.3, 0.4) is 0 Å². The number of nitrogens with one attached hydrogen (secondary N) is 2. The highest BCUT2D eigenvalue weighted by atomic mass is 19.1. The van der Waals surface area contributed by atoms with E-state index in [2.05, 4.69) is 10.6 Å². The first kappa shape index (κ1) is 16.8. The zero-order valence-electron chi connectivity index (χ0n) is 13.8. The average Bonchev–Trinajstić information content (AvgIpc) is 2.55. The van der Waals surface area contributed by atoms with Gasteiger partial charge in [0.1, 0.15) is 17.3 Å². The Morgan fingerprint density at radius 2 is 1.96 bits per heavy atom. The quantitative estimate of drug-likeness (QED) is 0.894. The molecule has 0 aromatic heterocycles. The predicted octanol–water partition coefficient (Wildman–Crippen LogP) is 2.95. The van der Waals surface area contributed by atoms with Crippen molar-refractivity contribution in [2.24, 2.45) is 0 Å². The van der Waals surface area contributed by atoms with Crippen molar-refractivity contribution in [3.8, 4) is 11.5 Å². The van der Waals surface area contributed by atoms with Gasteiger partial charge >= 0.3 is 0 Å². The van der Waals surface area contributed by atoms with Crippen LogP contribution in [0.2, 0.25) is 0 Å². The monoisotopic (exact) mass is 344 g/mol. The van der Waals surface area contributed by atoms with E-state index in [1.807, 2.05) is 0 Å². The average molecular weight is 344 g/mol. The van der Waals surface area contributed by atoms with Crippen molar-refractivity contribution in [3.63, 3.8) is 0 Å². The van der Waals surface area contributed by atoms with Crippen LogP contribution in [0.5, 0.6) is 11.5 Å². The Morgan fingerprint density at radius 1 is 1.24 bits per heavy atom. The Hall–Kier alpha value is -3.09. The lowest BCUT2D eigenvalue weighted by atomic mass is 10.1. The van der Waals surface area contributed by atoms with Gasteiger partial charge in [-0.25, -0.2) is 4.39 Å². The molecule has 1 aliphatic rings. The third-order valence-electron chi connectivity index (χ3n) is 3.61. The normalized spacial score (nSPS) is 14.8. The molecule has 2 amide bonds. The molecule has 6 nitrogen and oxygen atoms in total. The summed E-state index contributed by atoms with van der Waals surface area (Å²) >= 11 is 0. The summed E-state index contributed by atoms with van der Waals surface area (Å²) in [5.74, 6) is -0.106. The molecule has 3 rings (SSSR count). The maximum atomic E-state index is 12.8. The summed E-state index contributed by atoms with van der Waals surface area (Å²) in [6.07, 6.45) is 0. The molecule has 7 heteroatoms. The number of ether oxygens (including phenoxy) is 2. The Balaban J connectivity index is 1.62. The van der Waals surface area contributed by atoms with Crippen molar-refractivity contribution in [2.45, 2.75) is 19.4 Å². The van der Waals surface area contributed by atoms with Gasteiger partial charge in [0.15, 0.2) is 12.2 Å². The van der Waals surface area contributed by atoms with Gasteiger partial charge in [0.25, 0.3) is 11.8 Å². The highest BCUT2D eigenvalue weighted by molar-refractivity contribution is 6.01. The number of carbonyl (C=O) groups excluding carboxylic acids is 2. The molecule has 130 valence electrons. The molecule has 1 heterocycles. The van der Waals surface area contributed by atoms with E-state index in [1.54, 1.807) is 32.0 Å². The van der Waals surface area contributed by atoms with E-state index in [4.69, 9.17) is 9.47 Å². The van der Waals surface area contributed by atoms with Gasteiger partial charge in [-0.3, -0.25) is 9.59 Å². The number of fused-ring (bicyclic) bond motifs is 1. The third-order valence-corrected chi connectivity index (χ3v) is 3.61. The van der Waals surface area contributed by atoms with Gasteiger partial charge in [-0.1, -0.05) is 0 Å². The summed E-state index contributed by atoms with van der Waals surface area (Å²) in [5.41, 5.74) is 0.0738. The zero-order valence-corrected chi connectivity index (χ0v) is 13.8. The largest absolute Gasteiger partial charge is 0.484 e. The van der Waals surface area contributed by atoms with Crippen molar-refractivity contribution in [1.82, 2.24) is 0 Å². The number of benzene rings is 2. The van der Waals surface area contributed by atoms with Gasteiger partial charge in [0.05, 0.1) is 5.69 Å². The van der Waals surface area contributed by atoms with Gasteiger partial charge in [-0.2, -0.15) is 0 Å². The lowest BCUT2D eigenvalue weighted by Crippen LogP contribution is -2.45. The fourth-order valence-corrected chi connectivity index (χ4v) is 2.26. The second-order valence-electron chi connectivity index (χ2n) is 6.07. The van der Waals surface area contributed by atoms with E-state index >= 15 is 0 Å². The molecule has 2 aromatic carbocycles. The molecule has 0 bridgehead atoms. The standard InChI is InChI=1S/C18H17FN2O4/c1-18(2)17(23)21-14-8-5-12(9-15(14)25-18)20-16(22)10-24-13-6-3-11(19)4-7-13/h3-9H,10H2,1-2H3,(H,20,22)(H,21,23). The van der Waals surface area contributed by atoms with E-state index in [-0.39, 0.29) is 24.2 Å². The minimum Gasteiger partial charge on any atom is -0.484 e. The zero-order chi connectivity index (χ0) is 18.0. The van der Waals surface area contributed by atoms with E-state index in [0.29, 0.717) is 22.9 Å². The molecule has 2 N–H and O–H groups in total. The fraction of sp³-hybridized carbons (Fsp3) is 0.222. The van der Waals surface area contributed by atoms with E-state index in [1.165, 1.54) is 24.3 Å². The van der Waals surface area contributed by atoms with Crippen molar-refractivity contribution in [3.05, 3.63) is 48.3 Å². The molecule has 0 atom stereocenters. The van der Waals surface area contributed by atoms with E-state index in [0.717, 1.165) is 0 Å². The van der Waals surface area contributed by atoms with Crippen LogP contribution in [0.4, 0.5) is 15.8 Å². The number of amides is 2. The molecule has 0 spiro atoms. The summed E-state index contributed by atoms with van der Waals surface area (Å²) in [5, 5.41) is 5.43. The minimum atomic E-state index is -0.985. The van der Waals surface area contributed by atoms with Crippen LogP contribution in [0.1, 0.15) is 13.8 Å². The number of rotatable bonds is 4. The Labute approximate surface area is 143 Å². The van der Waals surface area contributed by atoms with Gasteiger partial charge < -0.3 is 20.1 Å². The fourth-order valence-electron chi connectivity index (χ4n) is 2.26. The van der Waals surface area contributed by atoms with Crippen LogP contribution in [-0.2, 0) is 9.59 Å². The van der Waals surface area contributed by atoms with Crippen LogP contribution in [0, 0.1) is 5.82 Å². The molecule has 2 aromatic rings.